The Hall–Kier alpha value is -2.18. The third-order valence-electron chi connectivity index (χ3n) is 4.45. The van der Waals surface area contributed by atoms with Crippen molar-refractivity contribution in [1.82, 2.24) is 19.6 Å². The Kier molecular flexibility index (Phi) is 6.06. The Morgan fingerprint density at radius 1 is 1.15 bits per heavy atom. The molecule has 1 unspecified atom stereocenters. The van der Waals surface area contributed by atoms with Gasteiger partial charge in [0.15, 0.2) is 0 Å². The van der Waals surface area contributed by atoms with Crippen LogP contribution >= 0.6 is 15.9 Å². The molecule has 0 saturated carbocycles. The van der Waals surface area contributed by atoms with Gasteiger partial charge >= 0.3 is 0 Å². The number of nitrogens with one attached hydrogen (secondary N) is 1. The van der Waals surface area contributed by atoms with Crippen molar-refractivity contribution in [2.45, 2.75) is 26.4 Å². The maximum absolute atomic E-state index is 13.0. The number of pyridine rings is 1. The van der Waals surface area contributed by atoms with Gasteiger partial charge in [0.1, 0.15) is 11.7 Å². The molecule has 1 atom stereocenters. The fourth-order valence-corrected chi connectivity index (χ4v) is 3.48. The second-order valence-corrected chi connectivity index (χ2v) is 7.01. The standard InChI is InChI=1S/C20H23BrN4O/c1-3-24(4-2)19(15-8-6-5-7-9-15)20(26)22-12-17-14-25-13-16(21)10-11-18(25)23-17/h5-11,13-14,19H,3-4,12H2,1-2H3,(H,22,26). The van der Waals surface area contributed by atoms with E-state index >= 15 is 0 Å². The zero-order valence-corrected chi connectivity index (χ0v) is 16.6. The summed E-state index contributed by atoms with van der Waals surface area (Å²) in [6, 6.07) is 13.5. The number of benzene rings is 1. The smallest absolute Gasteiger partial charge is 0.242 e. The largest absolute Gasteiger partial charge is 0.349 e. The van der Waals surface area contributed by atoms with Crippen LogP contribution in [0.15, 0.2) is 59.3 Å². The predicted molar refractivity (Wildman–Crippen MR) is 107 cm³/mol. The molecule has 0 saturated heterocycles. The molecular formula is C20H23BrN4O. The monoisotopic (exact) mass is 414 g/mol. The minimum atomic E-state index is -0.294. The lowest BCUT2D eigenvalue weighted by atomic mass is 10.0. The molecule has 0 aliphatic carbocycles. The summed E-state index contributed by atoms with van der Waals surface area (Å²) < 4.78 is 2.94. The van der Waals surface area contributed by atoms with Crippen LogP contribution in [0.3, 0.4) is 0 Å². The molecule has 0 fully saturated rings. The highest BCUT2D eigenvalue weighted by molar-refractivity contribution is 9.10. The molecular weight excluding hydrogens is 392 g/mol. The van der Waals surface area contributed by atoms with Crippen LogP contribution in [0.25, 0.3) is 5.65 Å². The number of nitrogens with zero attached hydrogens (tertiary/aromatic N) is 3. The lowest BCUT2D eigenvalue weighted by Crippen LogP contribution is -2.40. The average Bonchev–Trinajstić information content (AvgIpc) is 3.06. The second-order valence-electron chi connectivity index (χ2n) is 6.10. The van der Waals surface area contributed by atoms with Crippen LogP contribution in [0.2, 0.25) is 0 Å². The van der Waals surface area contributed by atoms with Crippen molar-refractivity contribution in [3.63, 3.8) is 0 Å². The van der Waals surface area contributed by atoms with Gasteiger partial charge in [0, 0.05) is 16.9 Å². The first-order chi connectivity index (χ1) is 12.6. The summed E-state index contributed by atoms with van der Waals surface area (Å²) in [6.07, 6.45) is 3.89. The number of fused-ring (bicyclic) bond motifs is 1. The van der Waals surface area contributed by atoms with Gasteiger partial charge < -0.3 is 9.72 Å². The van der Waals surface area contributed by atoms with Gasteiger partial charge in [-0.25, -0.2) is 4.98 Å². The Morgan fingerprint density at radius 2 is 1.88 bits per heavy atom. The molecule has 3 aromatic rings. The minimum absolute atomic E-state index is 0.00173. The molecule has 0 aliphatic rings. The first kappa shape index (κ1) is 18.6. The first-order valence-electron chi connectivity index (χ1n) is 8.82. The number of hydrogen-bond donors (Lipinski definition) is 1. The van der Waals surface area contributed by atoms with E-state index in [1.165, 1.54) is 0 Å². The lowest BCUT2D eigenvalue weighted by molar-refractivity contribution is -0.126. The highest BCUT2D eigenvalue weighted by Gasteiger charge is 2.25. The predicted octanol–water partition coefficient (Wildman–Crippen LogP) is 3.80. The van der Waals surface area contributed by atoms with E-state index < -0.39 is 0 Å². The summed E-state index contributed by atoms with van der Waals surface area (Å²) in [5.41, 5.74) is 2.70. The molecule has 3 rings (SSSR count). The summed E-state index contributed by atoms with van der Waals surface area (Å²) in [7, 11) is 0. The molecule has 26 heavy (non-hydrogen) atoms. The van der Waals surface area contributed by atoms with Crippen LogP contribution in [0.1, 0.15) is 31.1 Å². The number of halogens is 1. The van der Waals surface area contributed by atoms with Crippen molar-refractivity contribution in [2.24, 2.45) is 0 Å². The highest BCUT2D eigenvalue weighted by Crippen LogP contribution is 2.21. The third kappa shape index (κ3) is 4.14. The van der Waals surface area contributed by atoms with Crippen molar-refractivity contribution in [1.29, 1.82) is 0 Å². The molecule has 1 amide bonds. The van der Waals surface area contributed by atoms with Gasteiger partial charge in [0.2, 0.25) is 5.91 Å². The molecule has 0 spiro atoms. The van der Waals surface area contributed by atoms with Crippen LogP contribution < -0.4 is 5.32 Å². The number of imidazole rings is 1. The van der Waals surface area contributed by atoms with Crippen LogP contribution in [-0.4, -0.2) is 33.3 Å². The third-order valence-corrected chi connectivity index (χ3v) is 4.92. The van der Waals surface area contributed by atoms with Crippen molar-refractivity contribution < 1.29 is 4.79 Å². The molecule has 136 valence electrons. The summed E-state index contributed by atoms with van der Waals surface area (Å²) in [6.45, 7) is 6.18. The second kappa shape index (κ2) is 8.47. The van der Waals surface area contributed by atoms with Crippen molar-refractivity contribution in [3.05, 3.63) is 70.6 Å². The molecule has 1 aromatic carbocycles. The van der Waals surface area contributed by atoms with E-state index in [1.807, 2.05) is 59.3 Å². The number of likely N-dealkylation sites (N-methyl/N-ethyl adjacent to an activating group) is 1. The van der Waals surface area contributed by atoms with Gasteiger partial charge in [-0.3, -0.25) is 9.69 Å². The number of carbonyl (C=O) groups excluding carboxylic acids is 1. The molecule has 0 radical (unpaired) electrons. The number of carbonyl (C=O) groups is 1. The van der Waals surface area contributed by atoms with Crippen LogP contribution in [-0.2, 0) is 11.3 Å². The molecule has 0 aliphatic heterocycles. The molecule has 6 heteroatoms. The van der Waals surface area contributed by atoms with E-state index in [1.54, 1.807) is 0 Å². The van der Waals surface area contributed by atoms with Crippen molar-refractivity contribution in [3.8, 4) is 0 Å². The van der Waals surface area contributed by atoms with E-state index in [0.29, 0.717) is 6.54 Å². The van der Waals surface area contributed by atoms with Gasteiger partial charge in [0.05, 0.1) is 12.2 Å². The molecule has 1 N–H and O–H groups in total. The maximum Gasteiger partial charge on any atom is 0.242 e. The average molecular weight is 415 g/mol. The Bertz CT molecular complexity index is 874. The maximum atomic E-state index is 13.0. The SMILES string of the molecule is CCN(CC)C(C(=O)NCc1cn2cc(Br)ccc2n1)c1ccccc1. The van der Waals surface area contributed by atoms with E-state index in [0.717, 1.165) is 34.5 Å². The number of aromatic nitrogens is 2. The van der Waals surface area contributed by atoms with Crippen LogP contribution in [0, 0.1) is 0 Å². The summed E-state index contributed by atoms with van der Waals surface area (Å²) in [4.78, 5) is 19.7. The van der Waals surface area contributed by atoms with Crippen LogP contribution in [0.4, 0.5) is 0 Å². The fourth-order valence-electron chi connectivity index (χ4n) is 3.13. The fraction of sp³-hybridized carbons (Fsp3) is 0.300. The van der Waals surface area contributed by atoms with Gasteiger partial charge in [-0.1, -0.05) is 44.2 Å². The molecule has 2 heterocycles. The first-order valence-corrected chi connectivity index (χ1v) is 9.61. The Balaban J connectivity index is 1.76. The quantitative estimate of drug-likeness (QED) is 0.639. The number of hydrogen-bond acceptors (Lipinski definition) is 3. The number of rotatable bonds is 7. The van der Waals surface area contributed by atoms with Gasteiger partial charge in [-0.2, -0.15) is 0 Å². The Morgan fingerprint density at radius 3 is 2.58 bits per heavy atom. The van der Waals surface area contributed by atoms with E-state index in [2.05, 4.69) is 45.0 Å². The van der Waals surface area contributed by atoms with Gasteiger partial charge in [0.25, 0.3) is 0 Å². The summed E-state index contributed by atoms with van der Waals surface area (Å²) in [5, 5.41) is 3.05. The topological polar surface area (TPSA) is 49.6 Å². The zero-order chi connectivity index (χ0) is 18.5. The number of amides is 1. The Labute approximate surface area is 162 Å². The molecule has 2 aromatic heterocycles. The highest BCUT2D eigenvalue weighted by atomic mass is 79.9. The normalized spacial score (nSPS) is 12.5. The van der Waals surface area contributed by atoms with Crippen molar-refractivity contribution in [2.75, 3.05) is 13.1 Å². The van der Waals surface area contributed by atoms with E-state index in [4.69, 9.17) is 0 Å². The summed E-state index contributed by atoms with van der Waals surface area (Å²) in [5.74, 6) is -0.00173. The van der Waals surface area contributed by atoms with E-state index in [9.17, 15) is 4.79 Å². The van der Waals surface area contributed by atoms with Gasteiger partial charge in [-0.05, 0) is 46.7 Å². The van der Waals surface area contributed by atoms with Gasteiger partial charge in [-0.15, -0.1) is 0 Å². The summed E-state index contributed by atoms with van der Waals surface area (Å²) >= 11 is 3.46. The van der Waals surface area contributed by atoms with Crippen LogP contribution in [0.5, 0.6) is 0 Å². The molecule has 5 nitrogen and oxygen atoms in total. The molecule has 0 bridgehead atoms. The minimum Gasteiger partial charge on any atom is -0.349 e. The van der Waals surface area contributed by atoms with Crippen molar-refractivity contribution >= 4 is 27.5 Å². The lowest BCUT2D eigenvalue weighted by Gasteiger charge is -2.28. The van der Waals surface area contributed by atoms with E-state index in [-0.39, 0.29) is 11.9 Å². The zero-order valence-electron chi connectivity index (χ0n) is 15.0.